The first-order valence-electron chi connectivity index (χ1n) is 18.4. The Morgan fingerprint density at radius 1 is 1.04 bits per heavy atom. The van der Waals surface area contributed by atoms with Gasteiger partial charge in [0, 0.05) is 13.1 Å². The van der Waals surface area contributed by atoms with E-state index in [-0.39, 0.29) is 24.2 Å². The number of ketones is 1. The molecular weight excluding hydrogens is 687 g/mol. The monoisotopic (exact) mass is 739 g/mol. The first-order chi connectivity index (χ1) is 24.5. The average molecular weight is 740 g/mol. The van der Waals surface area contributed by atoms with Crippen LogP contribution in [-0.4, -0.2) is 90.0 Å². The second-order valence-electron chi connectivity index (χ2n) is 15.9. The molecule has 1 aromatic heterocycles. The molecule has 1 aromatic carbocycles. The van der Waals surface area contributed by atoms with Gasteiger partial charge in [-0.15, -0.1) is 6.58 Å². The SMILES string of the molecule is C=CCNC(=O)C(=O)C(CC1CC1)NC(=O)[C@@H]1CCCN1C(=O)[C@@H](NC(=O)[C@@H](NS(=O)(=O)c1nc2ccccc2[nH]1)C1(C)CCCCC1)C(C)(C)C. The minimum Gasteiger partial charge on any atom is -0.346 e. The summed E-state index contributed by atoms with van der Waals surface area (Å²) in [6, 6.07) is 2.63. The Kier molecular flexibility index (Phi) is 11.9. The summed E-state index contributed by atoms with van der Waals surface area (Å²) in [7, 11) is -4.30. The van der Waals surface area contributed by atoms with Crippen LogP contribution in [0.2, 0.25) is 0 Å². The Bertz CT molecular complexity index is 1760. The lowest BCUT2D eigenvalue weighted by atomic mass is 9.70. The predicted molar refractivity (Wildman–Crippen MR) is 195 cm³/mol. The van der Waals surface area contributed by atoms with Crippen molar-refractivity contribution in [2.45, 2.75) is 121 Å². The Balaban J connectivity index is 1.36. The van der Waals surface area contributed by atoms with Crippen LogP contribution in [0.1, 0.15) is 91.9 Å². The number of nitrogens with zero attached hydrogens (tertiary/aromatic N) is 2. The van der Waals surface area contributed by atoms with Crippen molar-refractivity contribution in [3.8, 4) is 0 Å². The Labute approximate surface area is 305 Å². The number of para-hydroxylation sites is 2. The number of rotatable bonds is 15. The van der Waals surface area contributed by atoms with Crippen LogP contribution in [0.25, 0.3) is 11.0 Å². The van der Waals surface area contributed by atoms with E-state index in [1.807, 2.05) is 6.92 Å². The van der Waals surface area contributed by atoms with Crippen molar-refractivity contribution in [3.63, 3.8) is 0 Å². The molecule has 2 heterocycles. The number of nitrogens with one attached hydrogen (secondary N) is 5. The van der Waals surface area contributed by atoms with E-state index in [2.05, 4.69) is 37.2 Å². The minimum atomic E-state index is -4.30. The number of likely N-dealkylation sites (tertiary alicyclic amines) is 1. The van der Waals surface area contributed by atoms with Gasteiger partial charge >= 0.3 is 0 Å². The summed E-state index contributed by atoms with van der Waals surface area (Å²) in [5, 5.41) is 7.85. The third-order valence-corrected chi connectivity index (χ3v) is 11.9. The van der Waals surface area contributed by atoms with Gasteiger partial charge in [0.15, 0.2) is 0 Å². The molecular formula is C37H53N7O7S. The van der Waals surface area contributed by atoms with Gasteiger partial charge in [0.1, 0.15) is 18.1 Å². The number of benzene rings is 1. The summed E-state index contributed by atoms with van der Waals surface area (Å²) in [6.45, 7) is 11.2. The van der Waals surface area contributed by atoms with E-state index in [1.54, 1.807) is 45.0 Å². The molecule has 3 fully saturated rings. The van der Waals surface area contributed by atoms with Crippen molar-refractivity contribution in [2.75, 3.05) is 13.1 Å². The highest BCUT2D eigenvalue weighted by Gasteiger charge is 2.47. The van der Waals surface area contributed by atoms with Crippen LogP contribution in [0.5, 0.6) is 0 Å². The third kappa shape index (κ3) is 9.08. The average Bonchev–Trinajstić information content (AvgIpc) is 3.58. The van der Waals surface area contributed by atoms with Crippen molar-refractivity contribution in [1.82, 2.24) is 35.5 Å². The molecule has 0 radical (unpaired) electrons. The lowest BCUT2D eigenvalue weighted by Gasteiger charge is -2.42. The molecule has 2 saturated carbocycles. The smallest absolute Gasteiger partial charge is 0.289 e. The molecule has 1 unspecified atom stereocenters. The normalized spacial score (nSPS) is 20.8. The van der Waals surface area contributed by atoms with Crippen LogP contribution in [0.4, 0.5) is 0 Å². The zero-order valence-corrected chi connectivity index (χ0v) is 31.4. The molecule has 2 aliphatic carbocycles. The van der Waals surface area contributed by atoms with Crippen molar-refractivity contribution in [3.05, 3.63) is 36.9 Å². The molecule has 15 heteroatoms. The molecule has 5 rings (SSSR count). The molecule has 0 spiro atoms. The van der Waals surface area contributed by atoms with Gasteiger partial charge in [-0.25, -0.2) is 13.4 Å². The van der Waals surface area contributed by atoms with Crippen LogP contribution >= 0.6 is 0 Å². The maximum atomic E-state index is 14.4. The van der Waals surface area contributed by atoms with Crippen molar-refractivity contribution in [1.29, 1.82) is 0 Å². The number of aromatic nitrogens is 2. The molecule has 2 aromatic rings. The molecule has 1 aliphatic heterocycles. The van der Waals surface area contributed by atoms with Gasteiger partial charge in [-0.2, -0.15) is 4.72 Å². The van der Waals surface area contributed by atoms with Crippen LogP contribution in [0.3, 0.4) is 0 Å². The van der Waals surface area contributed by atoms with E-state index < -0.39 is 74.4 Å². The Hall–Kier alpha value is -4.11. The number of aromatic amines is 1. The van der Waals surface area contributed by atoms with E-state index in [0.717, 1.165) is 32.1 Å². The summed E-state index contributed by atoms with van der Waals surface area (Å²) in [5.74, 6) is -2.99. The highest BCUT2D eigenvalue weighted by molar-refractivity contribution is 7.89. The molecule has 284 valence electrons. The van der Waals surface area contributed by atoms with Gasteiger partial charge in [-0.1, -0.05) is 78.0 Å². The van der Waals surface area contributed by atoms with Crippen molar-refractivity contribution in [2.24, 2.45) is 16.7 Å². The van der Waals surface area contributed by atoms with Crippen LogP contribution in [0.15, 0.2) is 42.1 Å². The number of imidazole rings is 1. The summed E-state index contributed by atoms with van der Waals surface area (Å²) < 4.78 is 30.2. The van der Waals surface area contributed by atoms with E-state index >= 15 is 0 Å². The largest absolute Gasteiger partial charge is 0.346 e. The number of Topliss-reactive ketones (excluding diaryl/α,β-unsaturated/α-hetero) is 1. The molecule has 52 heavy (non-hydrogen) atoms. The Morgan fingerprint density at radius 2 is 1.73 bits per heavy atom. The van der Waals surface area contributed by atoms with Crippen LogP contribution < -0.4 is 20.7 Å². The topological polar surface area (TPSA) is 200 Å². The van der Waals surface area contributed by atoms with E-state index in [1.165, 1.54) is 11.0 Å². The third-order valence-electron chi connectivity index (χ3n) is 10.6. The number of hydrogen-bond donors (Lipinski definition) is 5. The number of amides is 4. The second-order valence-corrected chi connectivity index (χ2v) is 17.6. The minimum absolute atomic E-state index is 0.112. The van der Waals surface area contributed by atoms with Gasteiger partial charge in [0.05, 0.1) is 17.1 Å². The molecule has 14 nitrogen and oxygen atoms in total. The van der Waals surface area contributed by atoms with E-state index in [4.69, 9.17) is 0 Å². The summed E-state index contributed by atoms with van der Waals surface area (Å²) in [4.78, 5) is 76.6. The van der Waals surface area contributed by atoms with E-state index in [0.29, 0.717) is 43.1 Å². The van der Waals surface area contributed by atoms with Gasteiger partial charge in [0.25, 0.3) is 15.9 Å². The number of fused-ring (bicyclic) bond motifs is 1. The lowest BCUT2D eigenvalue weighted by Crippen LogP contribution is -2.63. The fraction of sp³-hybridized carbons (Fsp3) is 0.622. The van der Waals surface area contributed by atoms with Gasteiger partial charge in [0.2, 0.25) is 28.7 Å². The second kappa shape index (κ2) is 15.9. The number of carbonyl (C=O) groups excluding carboxylic acids is 5. The van der Waals surface area contributed by atoms with Crippen molar-refractivity contribution >= 4 is 50.5 Å². The highest BCUT2D eigenvalue weighted by Crippen LogP contribution is 2.40. The number of hydrogen-bond acceptors (Lipinski definition) is 8. The maximum Gasteiger partial charge on any atom is 0.289 e. The van der Waals surface area contributed by atoms with Gasteiger partial charge < -0.3 is 25.8 Å². The fourth-order valence-electron chi connectivity index (χ4n) is 7.37. The van der Waals surface area contributed by atoms with E-state index in [9.17, 15) is 32.4 Å². The zero-order valence-electron chi connectivity index (χ0n) is 30.6. The first-order valence-corrected chi connectivity index (χ1v) is 19.8. The van der Waals surface area contributed by atoms with Crippen LogP contribution in [-0.2, 0) is 34.0 Å². The maximum absolute atomic E-state index is 14.4. The standard InChI is InChI=1S/C37H53N7O7S/c1-6-20-38-32(47)28(45)26(22-23-16-17-23)39-31(46)27-15-12-21-44(27)34(49)30(36(2,3)4)42-33(48)29(37(5)18-10-7-11-19-37)43-52(50,51)35-40-24-13-8-9-14-25(24)41-35/h6,8-9,13-14,23,26-27,29-30,43H,1,7,10-12,15-22H2,2-5H3,(H,38,47)(H,39,46)(H,40,41)(H,42,48)/t26?,27-,29+,30+/m0/s1. The number of H-pyrrole nitrogens is 1. The van der Waals surface area contributed by atoms with Gasteiger partial charge in [-0.05, 0) is 61.0 Å². The molecule has 4 atom stereocenters. The van der Waals surface area contributed by atoms with Gasteiger partial charge in [-0.3, -0.25) is 24.0 Å². The molecule has 1 saturated heterocycles. The highest BCUT2D eigenvalue weighted by atomic mass is 32.2. The van der Waals surface area contributed by atoms with Crippen LogP contribution in [0, 0.1) is 16.7 Å². The lowest BCUT2D eigenvalue weighted by molar-refractivity contribution is -0.145. The summed E-state index contributed by atoms with van der Waals surface area (Å²) in [5.41, 5.74) is -0.576. The zero-order chi connectivity index (χ0) is 37.8. The summed E-state index contributed by atoms with van der Waals surface area (Å²) >= 11 is 0. The van der Waals surface area contributed by atoms with Crippen molar-refractivity contribution < 1.29 is 32.4 Å². The summed E-state index contributed by atoms with van der Waals surface area (Å²) in [6.07, 6.45) is 8.27. The molecule has 4 amide bonds. The fourth-order valence-corrected chi connectivity index (χ4v) is 8.64. The predicted octanol–water partition coefficient (Wildman–Crippen LogP) is 2.86. The molecule has 3 aliphatic rings. The number of carbonyl (C=O) groups is 5. The Morgan fingerprint density at radius 3 is 2.37 bits per heavy atom. The first kappa shape index (κ1) is 39.1. The quantitative estimate of drug-likeness (QED) is 0.136. The molecule has 5 N–H and O–H groups in total. The number of sulfonamides is 1. The molecule has 0 bridgehead atoms.